The highest BCUT2D eigenvalue weighted by Gasteiger charge is 2.50. The molecule has 0 spiro atoms. The topological polar surface area (TPSA) is 114 Å². The first-order valence-electron chi connectivity index (χ1n) is 10.1. The lowest BCUT2D eigenvalue weighted by Gasteiger charge is -2.23. The molecular weight excluding hydrogens is 454 g/mol. The van der Waals surface area contributed by atoms with E-state index in [1.54, 1.807) is 33.2 Å². The molecule has 0 unspecified atom stereocenters. The molecule has 0 saturated carbocycles. The average Bonchev–Trinajstić information content (AvgIpc) is 2.90. The van der Waals surface area contributed by atoms with Gasteiger partial charge in [-0.25, -0.2) is 21.1 Å². The monoisotopic (exact) mass is 481 g/mol. The number of pyridine rings is 1. The molecule has 9 nitrogen and oxygen atoms in total. The molecule has 1 saturated heterocycles. The molecule has 11 heteroatoms. The summed E-state index contributed by atoms with van der Waals surface area (Å²) in [6, 6.07) is 7.57. The van der Waals surface area contributed by atoms with Crippen LogP contribution in [0.2, 0.25) is 0 Å². The van der Waals surface area contributed by atoms with Gasteiger partial charge in [-0.2, -0.15) is 4.31 Å². The van der Waals surface area contributed by atoms with Crippen LogP contribution < -0.4 is 9.04 Å². The normalized spacial score (nSPS) is 17.7. The second kappa shape index (κ2) is 8.80. The molecular formula is C21H27N3O6S2. The maximum absolute atomic E-state index is 13.5. The lowest BCUT2D eigenvalue weighted by Crippen LogP contribution is -2.34. The van der Waals surface area contributed by atoms with Crippen LogP contribution in [0.1, 0.15) is 26.3 Å². The number of benzene rings is 1. The predicted octanol–water partition coefficient (Wildman–Crippen LogP) is 2.05. The number of carbonyl (C=O) groups excluding carboxylic acids is 1. The van der Waals surface area contributed by atoms with Gasteiger partial charge in [0, 0.05) is 25.5 Å². The molecule has 1 aromatic heterocycles. The van der Waals surface area contributed by atoms with Gasteiger partial charge in [0.05, 0.1) is 24.0 Å². The molecule has 1 aliphatic heterocycles. The third-order valence-corrected chi connectivity index (χ3v) is 9.35. The Morgan fingerprint density at radius 3 is 2.38 bits per heavy atom. The van der Waals surface area contributed by atoms with Gasteiger partial charge in [0.15, 0.2) is 0 Å². The van der Waals surface area contributed by atoms with E-state index >= 15 is 0 Å². The van der Waals surface area contributed by atoms with Gasteiger partial charge in [0.1, 0.15) is 10.6 Å². The number of anilines is 1. The van der Waals surface area contributed by atoms with Crippen LogP contribution in [0.4, 0.5) is 5.69 Å². The number of ether oxygens (including phenoxy) is 1. The minimum Gasteiger partial charge on any atom is -0.495 e. The Bertz CT molecular complexity index is 1210. The van der Waals surface area contributed by atoms with Crippen molar-refractivity contribution in [2.45, 2.75) is 32.1 Å². The molecule has 2 heterocycles. The molecule has 2 aromatic rings. The zero-order chi connectivity index (χ0) is 23.7. The van der Waals surface area contributed by atoms with Gasteiger partial charge in [-0.1, -0.05) is 6.92 Å². The summed E-state index contributed by atoms with van der Waals surface area (Å²) in [6.45, 7) is 5.23. The summed E-state index contributed by atoms with van der Waals surface area (Å²) in [5.74, 6) is -0.879. The molecule has 3 rings (SSSR count). The second-order valence-electron chi connectivity index (χ2n) is 8.15. The van der Waals surface area contributed by atoms with Gasteiger partial charge >= 0.3 is 0 Å². The Morgan fingerprint density at radius 2 is 1.84 bits per heavy atom. The Balaban J connectivity index is 2.01. The third kappa shape index (κ3) is 4.50. The van der Waals surface area contributed by atoms with Crippen LogP contribution in [0.5, 0.6) is 5.75 Å². The van der Waals surface area contributed by atoms with Crippen LogP contribution in [0.3, 0.4) is 0 Å². The predicted molar refractivity (Wildman–Crippen MR) is 120 cm³/mol. The standard InChI is InChI=1S/C21H27N3O6S2/c1-5-23(13-10-16-8-11-22-12-9-16)32(28,29)19-14-17(6-7-18(19)30-4)24-20(25)21(2,3)15-31(24,26)27/h6-9,11-12,14H,5,10,13,15H2,1-4H3. The number of nitrogens with zero attached hydrogens (tertiary/aromatic N) is 3. The van der Waals surface area contributed by atoms with Crippen molar-refractivity contribution in [3.63, 3.8) is 0 Å². The summed E-state index contributed by atoms with van der Waals surface area (Å²) < 4.78 is 59.5. The van der Waals surface area contributed by atoms with Crippen LogP contribution >= 0.6 is 0 Å². The molecule has 0 N–H and O–H groups in total. The van der Waals surface area contributed by atoms with Crippen LogP contribution in [0, 0.1) is 5.41 Å². The van der Waals surface area contributed by atoms with E-state index in [0.29, 0.717) is 10.7 Å². The largest absolute Gasteiger partial charge is 0.495 e. The fourth-order valence-electron chi connectivity index (χ4n) is 3.65. The second-order valence-corrected chi connectivity index (χ2v) is 11.9. The van der Waals surface area contributed by atoms with Crippen LogP contribution in [0.15, 0.2) is 47.6 Å². The number of rotatable bonds is 8. The first kappa shape index (κ1) is 24.1. The van der Waals surface area contributed by atoms with Gasteiger partial charge in [-0.3, -0.25) is 9.78 Å². The van der Waals surface area contributed by atoms with E-state index in [1.165, 1.54) is 29.6 Å². The van der Waals surface area contributed by atoms with Crippen LogP contribution in [-0.4, -0.2) is 58.0 Å². The molecule has 1 aromatic carbocycles. The Kier molecular flexibility index (Phi) is 6.64. The third-order valence-electron chi connectivity index (χ3n) is 5.34. The summed E-state index contributed by atoms with van der Waals surface area (Å²) in [7, 11) is -6.63. The highest BCUT2D eigenvalue weighted by atomic mass is 32.2. The smallest absolute Gasteiger partial charge is 0.247 e. The zero-order valence-electron chi connectivity index (χ0n) is 18.5. The van der Waals surface area contributed by atoms with E-state index in [2.05, 4.69) is 4.98 Å². The average molecular weight is 482 g/mol. The van der Waals surface area contributed by atoms with Gasteiger partial charge in [0.25, 0.3) is 0 Å². The molecule has 0 aliphatic carbocycles. The van der Waals surface area contributed by atoms with Crippen molar-refractivity contribution in [1.82, 2.24) is 9.29 Å². The number of aromatic nitrogens is 1. The minimum absolute atomic E-state index is 0.0230. The van der Waals surface area contributed by atoms with E-state index < -0.39 is 31.4 Å². The Morgan fingerprint density at radius 1 is 1.19 bits per heavy atom. The number of hydrogen-bond donors (Lipinski definition) is 0. The molecule has 174 valence electrons. The van der Waals surface area contributed by atoms with Gasteiger partial charge < -0.3 is 4.74 Å². The van der Waals surface area contributed by atoms with E-state index in [0.717, 1.165) is 5.56 Å². The van der Waals surface area contributed by atoms with Crippen molar-refractivity contribution in [3.8, 4) is 5.75 Å². The zero-order valence-corrected chi connectivity index (χ0v) is 20.1. The SMILES string of the molecule is CCN(CCc1ccncc1)S(=O)(=O)c1cc(N2C(=O)C(C)(C)CS2(=O)=O)ccc1OC. The van der Waals surface area contributed by atoms with Crippen molar-refractivity contribution < 1.29 is 26.4 Å². The van der Waals surface area contributed by atoms with E-state index in [4.69, 9.17) is 4.74 Å². The summed E-state index contributed by atoms with van der Waals surface area (Å²) in [5, 5.41) is 0. The maximum atomic E-state index is 13.5. The highest BCUT2D eigenvalue weighted by molar-refractivity contribution is 7.94. The van der Waals surface area contributed by atoms with Crippen LogP contribution in [0.25, 0.3) is 0 Å². The Hall–Kier alpha value is -2.50. The van der Waals surface area contributed by atoms with E-state index in [9.17, 15) is 21.6 Å². The van der Waals surface area contributed by atoms with Crippen molar-refractivity contribution in [3.05, 3.63) is 48.3 Å². The first-order chi connectivity index (χ1) is 14.9. The summed E-state index contributed by atoms with van der Waals surface area (Å²) in [4.78, 5) is 16.5. The maximum Gasteiger partial charge on any atom is 0.247 e. The minimum atomic E-state index is -4.04. The van der Waals surface area contributed by atoms with E-state index in [-0.39, 0.29) is 35.2 Å². The number of likely N-dealkylation sites (N-methyl/N-ethyl adjacent to an activating group) is 1. The lowest BCUT2D eigenvalue weighted by molar-refractivity contribution is -0.123. The molecule has 1 amide bonds. The lowest BCUT2D eigenvalue weighted by atomic mass is 9.95. The number of sulfonamides is 2. The molecule has 32 heavy (non-hydrogen) atoms. The highest BCUT2D eigenvalue weighted by Crippen LogP contribution is 2.38. The molecule has 1 aliphatic rings. The first-order valence-corrected chi connectivity index (χ1v) is 13.1. The number of methoxy groups -OCH3 is 1. The van der Waals surface area contributed by atoms with E-state index in [1.807, 2.05) is 12.1 Å². The molecule has 0 radical (unpaired) electrons. The number of hydrogen-bond acceptors (Lipinski definition) is 7. The van der Waals surface area contributed by atoms with Crippen molar-refractivity contribution in [2.24, 2.45) is 5.41 Å². The van der Waals surface area contributed by atoms with Gasteiger partial charge in [0.2, 0.25) is 26.0 Å². The number of carbonyl (C=O) groups is 1. The fraction of sp³-hybridized carbons (Fsp3) is 0.429. The van der Waals surface area contributed by atoms with Crippen molar-refractivity contribution >= 4 is 31.6 Å². The molecule has 0 atom stereocenters. The van der Waals surface area contributed by atoms with Crippen molar-refractivity contribution in [1.29, 1.82) is 0 Å². The summed E-state index contributed by atoms with van der Waals surface area (Å²) in [6.07, 6.45) is 3.76. The van der Waals surface area contributed by atoms with Crippen LogP contribution in [-0.2, 0) is 31.3 Å². The van der Waals surface area contributed by atoms with Gasteiger partial charge in [-0.15, -0.1) is 0 Å². The molecule has 1 fully saturated rings. The molecule has 0 bridgehead atoms. The quantitative estimate of drug-likeness (QED) is 0.567. The number of amides is 1. The summed E-state index contributed by atoms with van der Waals surface area (Å²) >= 11 is 0. The van der Waals surface area contributed by atoms with Crippen molar-refractivity contribution in [2.75, 3.05) is 30.3 Å². The summed E-state index contributed by atoms with van der Waals surface area (Å²) in [5.41, 5.74) is -0.187. The fourth-order valence-corrected chi connectivity index (χ4v) is 7.37. The Labute approximate surface area is 189 Å². The van der Waals surface area contributed by atoms with Gasteiger partial charge in [-0.05, 0) is 56.2 Å².